The molecule has 1 N–H and O–H groups in total. The monoisotopic (exact) mass is 392 g/mol. The topological polar surface area (TPSA) is 118 Å². The Bertz CT molecular complexity index is 925. The molecule has 1 amide bonds. The highest BCUT2D eigenvalue weighted by molar-refractivity contribution is 5.91. The molecule has 1 aromatic carbocycles. The molecule has 29 heavy (non-hydrogen) atoms. The molecule has 1 aromatic heterocycles. The van der Waals surface area contributed by atoms with E-state index in [-0.39, 0.29) is 23.7 Å². The molecular weight excluding hydrogens is 372 g/mol. The van der Waals surface area contributed by atoms with Crippen LogP contribution in [0.25, 0.3) is 6.08 Å². The van der Waals surface area contributed by atoms with Gasteiger partial charge in [-0.15, -0.1) is 0 Å². The van der Waals surface area contributed by atoms with Crippen LogP contribution in [-0.2, 0) is 4.79 Å². The summed E-state index contributed by atoms with van der Waals surface area (Å²) in [6, 6.07) is 11.5. The minimum absolute atomic E-state index is 0.0155. The maximum atomic E-state index is 12.1. The molecule has 2 aromatic rings. The van der Waals surface area contributed by atoms with Gasteiger partial charge >= 0.3 is 0 Å². The Kier molecular flexibility index (Phi) is 6.53. The van der Waals surface area contributed by atoms with E-state index >= 15 is 0 Å². The van der Waals surface area contributed by atoms with E-state index in [1.54, 1.807) is 30.3 Å². The number of carbonyl (C=O) groups excluding carboxylic acids is 1. The number of hydrogen-bond acceptors (Lipinski definition) is 6. The molecule has 148 valence electrons. The van der Waals surface area contributed by atoms with Gasteiger partial charge in [0.05, 0.1) is 10.5 Å². The van der Waals surface area contributed by atoms with Crippen molar-refractivity contribution in [3.8, 4) is 11.9 Å². The van der Waals surface area contributed by atoms with E-state index < -0.39 is 4.92 Å². The molecular formula is C21H20N4O4. The minimum Gasteiger partial charge on any atom is -0.474 e. The summed E-state index contributed by atoms with van der Waals surface area (Å²) in [5.41, 5.74) is 1.23. The number of nitrogens with zero attached hydrogens (tertiary/aromatic N) is 3. The van der Waals surface area contributed by atoms with Crippen molar-refractivity contribution in [2.45, 2.75) is 37.8 Å². The molecule has 8 nitrogen and oxygen atoms in total. The summed E-state index contributed by atoms with van der Waals surface area (Å²) in [5, 5.41) is 22.4. The molecule has 1 aliphatic carbocycles. The summed E-state index contributed by atoms with van der Waals surface area (Å²) in [5.74, 6) is 0.309. The number of non-ortho nitro benzene ring substituents is 1. The Labute approximate surface area is 168 Å². The zero-order valence-electron chi connectivity index (χ0n) is 15.7. The average molecular weight is 392 g/mol. The second-order valence-corrected chi connectivity index (χ2v) is 6.78. The van der Waals surface area contributed by atoms with Crippen molar-refractivity contribution in [3.05, 3.63) is 69.9 Å². The number of pyridine rings is 1. The van der Waals surface area contributed by atoms with Crippen molar-refractivity contribution in [1.29, 1.82) is 5.26 Å². The number of nitro groups is 1. The first-order chi connectivity index (χ1) is 14.0. The molecule has 0 aliphatic heterocycles. The van der Waals surface area contributed by atoms with Crippen LogP contribution in [0.2, 0.25) is 0 Å². The highest BCUT2D eigenvalue weighted by atomic mass is 16.6. The van der Waals surface area contributed by atoms with E-state index in [2.05, 4.69) is 10.3 Å². The predicted octanol–water partition coefficient (Wildman–Crippen LogP) is 3.38. The third-order valence-corrected chi connectivity index (χ3v) is 4.70. The molecule has 1 fully saturated rings. The van der Waals surface area contributed by atoms with Crippen molar-refractivity contribution >= 4 is 17.7 Å². The SMILES string of the molecule is N#Cc1ccc(OC2CCC(NC(=O)/C=C/c3ccc([N+](=O)[O-])cc3)CC2)nc1. The molecule has 3 rings (SSSR count). The number of hydrogen-bond donors (Lipinski definition) is 1. The average Bonchev–Trinajstić information content (AvgIpc) is 2.74. The number of nitriles is 1. The van der Waals surface area contributed by atoms with E-state index in [1.807, 2.05) is 6.07 Å². The number of carbonyl (C=O) groups is 1. The molecule has 0 radical (unpaired) electrons. The summed E-state index contributed by atoms with van der Waals surface area (Å²) in [7, 11) is 0. The number of benzene rings is 1. The van der Waals surface area contributed by atoms with Crippen LogP contribution in [0, 0.1) is 21.4 Å². The molecule has 1 saturated carbocycles. The van der Waals surface area contributed by atoms with Crippen molar-refractivity contribution < 1.29 is 14.5 Å². The lowest BCUT2D eigenvalue weighted by Gasteiger charge is -2.28. The number of amides is 1. The van der Waals surface area contributed by atoms with Gasteiger partial charge in [0, 0.05) is 36.5 Å². The lowest BCUT2D eigenvalue weighted by Crippen LogP contribution is -2.39. The Morgan fingerprint density at radius 2 is 1.93 bits per heavy atom. The summed E-state index contributed by atoms with van der Waals surface area (Å²) in [6.45, 7) is 0. The first-order valence-electron chi connectivity index (χ1n) is 9.29. The smallest absolute Gasteiger partial charge is 0.269 e. The van der Waals surface area contributed by atoms with Gasteiger partial charge in [-0.05, 0) is 55.5 Å². The number of nitrogens with one attached hydrogen (secondary N) is 1. The van der Waals surface area contributed by atoms with Crippen LogP contribution in [0.15, 0.2) is 48.7 Å². The van der Waals surface area contributed by atoms with E-state index in [1.165, 1.54) is 24.4 Å². The highest BCUT2D eigenvalue weighted by Crippen LogP contribution is 2.23. The third-order valence-electron chi connectivity index (χ3n) is 4.70. The summed E-state index contributed by atoms with van der Waals surface area (Å²) in [4.78, 5) is 26.4. The van der Waals surface area contributed by atoms with Crippen molar-refractivity contribution in [2.75, 3.05) is 0 Å². The van der Waals surface area contributed by atoms with Crippen LogP contribution >= 0.6 is 0 Å². The van der Waals surface area contributed by atoms with Gasteiger partial charge in [-0.1, -0.05) is 0 Å². The summed E-state index contributed by atoms with van der Waals surface area (Å²) in [6.07, 6.45) is 7.81. The number of ether oxygens (including phenoxy) is 1. The standard InChI is InChI=1S/C21H20N4O4/c22-13-16-4-12-21(23-14-16)29-19-9-5-17(6-10-19)24-20(26)11-3-15-1-7-18(8-2-15)25(27)28/h1-4,7-8,11-12,14,17,19H,5-6,9-10H2,(H,24,26)/b11-3+. The van der Waals surface area contributed by atoms with Gasteiger partial charge in [0.1, 0.15) is 12.2 Å². The van der Waals surface area contributed by atoms with Crippen molar-refractivity contribution in [1.82, 2.24) is 10.3 Å². The zero-order chi connectivity index (χ0) is 20.6. The van der Waals surface area contributed by atoms with Crippen LogP contribution in [0.1, 0.15) is 36.8 Å². The quantitative estimate of drug-likeness (QED) is 0.457. The molecule has 8 heteroatoms. The third kappa shape index (κ3) is 5.87. The van der Waals surface area contributed by atoms with E-state index in [0.29, 0.717) is 11.4 Å². The van der Waals surface area contributed by atoms with Crippen LogP contribution in [0.5, 0.6) is 5.88 Å². The van der Waals surface area contributed by atoms with Crippen LogP contribution in [0.4, 0.5) is 5.69 Å². The van der Waals surface area contributed by atoms with E-state index in [4.69, 9.17) is 10.00 Å². The van der Waals surface area contributed by atoms with E-state index in [0.717, 1.165) is 31.2 Å². The summed E-state index contributed by atoms with van der Waals surface area (Å²) < 4.78 is 5.84. The van der Waals surface area contributed by atoms with Gasteiger partial charge in [-0.25, -0.2) is 4.98 Å². The van der Waals surface area contributed by atoms with Gasteiger partial charge in [0.2, 0.25) is 11.8 Å². The lowest BCUT2D eigenvalue weighted by atomic mass is 9.93. The number of aromatic nitrogens is 1. The lowest BCUT2D eigenvalue weighted by molar-refractivity contribution is -0.384. The fourth-order valence-electron chi connectivity index (χ4n) is 3.14. The first kappa shape index (κ1) is 20.0. The molecule has 0 atom stereocenters. The molecule has 1 heterocycles. The molecule has 1 aliphatic rings. The second-order valence-electron chi connectivity index (χ2n) is 6.78. The largest absolute Gasteiger partial charge is 0.474 e. The van der Waals surface area contributed by atoms with Crippen molar-refractivity contribution in [2.24, 2.45) is 0 Å². The zero-order valence-corrected chi connectivity index (χ0v) is 15.7. The summed E-state index contributed by atoms with van der Waals surface area (Å²) >= 11 is 0. The number of rotatable bonds is 6. The van der Waals surface area contributed by atoms with Gasteiger partial charge in [0.25, 0.3) is 5.69 Å². The van der Waals surface area contributed by atoms with Gasteiger partial charge in [-0.2, -0.15) is 5.26 Å². The van der Waals surface area contributed by atoms with Gasteiger partial charge < -0.3 is 10.1 Å². The highest BCUT2D eigenvalue weighted by Gasteiger charge is 2.23. The Balaban J connectivity index is 1.43. The normalized spacial score (nSPS) is 18.7. The second kappa shape index (κ2) is 9.46. The predicted molar refractivity (Wildman–Crippen MR) is 106 cm³/mol. The minimum atomic E-state index is -0.461. The van der Waals surface area contributed by atoms with Crippen LogP contribution in [-0.4, -0.2) is 28.0 Å². The maximum Gasteiger partial charge on any atom is 0.269 e. The molecule has 0 spiro atoms. The fourth-order valence-corrected chi connectivity index (χ4v) is 3.14. The number of nitro benzene ring substituents is 1. The Hall–Kier alpha value is -3.73. The Morgan fingerprint density at radius 3 is 2.52 bits per heavy atom. The molecule has 0 unspecified atom stereocenters. The first-order valence-corrected chi connectivity index (χ1v) is 9.29. The van der Waals surface area contributed by atoms with Gasteiger partial charge in [0.15, 0.2) is 0 Å². The molecule has 0 bridgehead atoms. The van der Waals surface area contributed by atoms with Crippen LogP contribution in [0.3, 0.4) is 0 Å². The Morgan fingerprint density at radius 1 is 1.21 bits per heavy atom. The van der Waals surface area contributed by atoms with Crippen molar-refractivity contribution in [3.63, 3.8) is 0 Å². The van der Waals surface area contributed by atoms with E-state index in [9.17, 15) is 14.9 Å². The molecule has 0 saturated heterocycles. The van der Waals surface area contributed by atoms with Gasteiger partial charge in [-0.3, -0.25) is 14.9 Å². The fraction of sp³-hybridized carbons (Fsp3) is 0.286. The maximum absolute atomic E-state index is 12.1. The van der Waals surface area contributed by atoms with Crippen LogP contribution < -0.4 is 10.1 Å².